The number of aryl methyl sites for hydroxylation is 1. The molecule has 1 N–H and O–H groups in total. The van der Waals surface area contributed by atoms with E-state index in [2.05, 4.69) is 10.3 Å². The van der Waals surface area contributed by atoms with E-state index < -0.39 is 5.79 Å². The minimum Gasteiger partial charge on any atom is -0.347 e. The van der Waals surface area contributed by atoms with Crippen LogP contribution in [0.1, 0.15) is 48.3 Å². The van der Waals surface area contributed by atoms with Gasteiger partial charge in [-0.3, -0.25) is 14.4 Å². The molecule has 0 radical (unpaired) electrons. The second kappa shape index (κ2) is 10.8. The van der Waals surface area contributed by atoms with Gasteiger partial charge in [0.2, 0.25) is 11.8 Å². The van der Waals surface area contributed by atoms with Crippen molar-refractivity contribution in [3.63, 3.8) is 0 Å². The van der Waals surface area contributed by atoms with E-state index in [1.165, 1.54) is 16.2 Å². The van der Waals surface area contributed by atoms with Crippen LogP contribution in [0, 0.1) is 6.92 Å². The van der Waals surface area contributed by atoms with Crippen LogP contribution in [0.15, 0.2) is 29.6 Å². The summed E-state index contributed by atoms with van der Waals surface area (Å²) in [7, 11) is 0. The molecule has 1 spiro atoms. The van der Waals surface area contributed by atoms with E-state index in [4.69, 9.17) is 9.47 Å². The second-order valence-electron chi connectivity index (χ2n) is 9.25. The summed E-state index contributed by atoms with van der Waals surface area (Å²) >= 11 is 1.27. The molecule has 0 atom stereocenters. The highest BCUT2D eigenvalue weighted by Gasteiger charge is 2.40. The van der Waals surface area contributed by atoms with Gasteiger partial charge in [-0.15, -0.1) is 11.3 Å². The molecule has 2 aliphatic rings. The van der Waals surface area contributed by atoms with E-state index in [0.717, 1.165) is 5.56 Å². The fourth-order valence-electron chi connectivity index (χ4n) is 4.26. The third kappa shape index (κ3) is 6.25. The quantitative estimate of drug-likeness (QED) is 0.628. The van der Waals surface area contributed by atoms with Gasteiger partial charge in [0.1, 0.15) is 6.54 Å². The molecule has 2 fully saturated rings. The van der Waals surface area contributed by atoms with E-state index in [1.807, 2.05) is 37.8 Å². The molecule has 1 aromatic heterocycles. The molecule has 2 aliphatic heterocycles. The molecule has 2 aromatic rings. The number of thiazole rings is 1. The minimum absolute atomic E-state index is 0.00398. The first-order valence-corrected chi connectivity index (χ1v) is 12.8. The summed E-state index contributed by atoms with van der Waals surface area (Å²) in [6.45, 7) is 8.02. The molecule has 2 saturated heterocycles. The number of likely N-dealkylation sites (tertiary alicyclic amines) is 1. The van der Waals surface area contributed by atoms with Gasteiger partial charge < -0.3 is 24.6 Å². The summed E-state index contributed by atoms with van der Waals surface area (Å²) in [5, 5.41) is 4.95. The molecule has 9 nitrogen and oxygen atoms in total. The van der Waals surface area contributed by atoms with E-state index in [0.29, 0.717) is 55.5 Å². The topological polar surface area (TPSA) is 101 Å². The Bertz CT molecular complexity index is 1050. The van der Waals surface area contributed by atoms with E-state index in [9.17, 15) is 14.4 Å². The zero-order chi connectivity index (χ0) is 25.0. The van der Waals surface area contributed by atoms with Crippen LogP contribution < -0.4 is 5.32 Å². The van der Waals surface area contributed by atoms with Gasteiger partial charge in [0.25, 0.3) is 5.91 Å². The highest BCUT2D eigenvalue weighted by atomic mass is 32.1. The van der Waals surface area contributed by atoms with Gasteiger partial charge in [-0.05, 0) is 32.9 Å². The number of carbonyl (C=O) groups is 3. The van der Waals surface area contributed by atoms with Crippen LogP contribution in [0.3, 0.4) is 0 Å². The van der Waals surface area contributed by atoms with Gasteiger partial charge in [0.15, 0.2) is 10.9 Å². The summed E-state index contributed by atoms with van der Waals surface area (Å²) in [5.74, 6) is -1.04. The largest absolute Gasteiger partial charge is 0.347 e. The lowest BCUT2D eigenvalue weighted by molar-refractivity contribution is -0.187. The number of piperidine rings is 1. The summed E-state index contributed by atoms with van der Waals surface area (Å²) < 4.78 is 11.4. The average molecular weight is 501 g/mol. The van der Waals surface area contributed by atoms with Gasteiger partial charge in [-0.2, -0.15) is 0 Å². The fraction of sp³-hybridized carbons (Fsp3) is 0.520. The highest BCUT2D eigenvalue weighted by molar-refractivity contribution is 7.13. The monoisotopic (exact) mass is 500 g/mol. The molecular formula is C25H32N4O5S. The zero-order valence-electron chi connectivity index (χ0n) is 20.4. The second-order valence-corrected chi connectivity index (χ2v) is 10.1. The molecule has 0 aliphatic carbocycles. The van der Waals surface area contributed by atoms with Crippen LogP contribution in [0.2, 0.25) is 0 Å². The van der Waals surface area contributed by atoms with Crippen molar-refractivity contribution in [3.05, 3.63) is 46.5 Å². The van der Waals surface area contributed by atoms with E-state index in [1.54, 1.807) is 17.5 Å². The van der Waals surface area contributed by atoms with Crippen molar-refractivity contribution in [2.45, 2.75) is 51.9 Å². The standard InChI is InChI=1S/C25H32N4O5S/c1-17(2)29(23(32)19-6-4-18(3)5-7-19)15-21(30)27-24-26-20(16-35-24)14-22(31)28-10-8-25(9-11-28)33-12-13-34-25/h4-7,16-17H,8-15H2,1-3H3,(H,26,27,30). The van der Waals surface area contributed by atoms with Crippen molar-refractivity contribution in [2.75, 3.05) is 38.2 Å². The lowest BCUT2D eigenvalue weighted by Crippen LogP contribution is -2.47. The number of anilines is 1. The number of rotatable bonds is 7. The van der Waals surface area contributed by atoms with Crippen molar-refractivity contribution in [1.29, 1.82) is 0 Å². The van der Waals surface area contributed by atoms with Gasteiger partial charge in [-0.1, -0.05) is 17.7 Å². The Kier molecular flexibility index (Phi) is 7.83. The third-order valence-corrected chi connectivity index (χ3v) is 7.13. The first-order chi connectivity index (χ1) is 16.7. The van der Waals surface area contributed by atoms with Crippen LogP contribution >= 0.6 is 11.3 Å². The van der Waals surface area contributed by atoms with Crippen LogP contribution in [0.4, 0.5) is 5.13 Å². The number of nitrogens with one attached hydrogen (secondary N) is 1. The Balaban J connectivity index is 1.29. The molecule has 3 heterocycles. The number of amides is 3. The summed E-state index contributed by atoms with van der Waals surface area (Å²) in [6, 6.07) is 7.14. The number of ether oxygens (including phenoxy) is 2. The van der Waals surface area contributed by atoms with Crippen molar-refractivity contribution >= 4 is 34.2 Å². The fourth-order valence-corrected chi connectivity index (χ4v) is 4.99. The number of benzene rings is 1. The third-order valence-electron chi connectivity index (χ3n) is 6.32. The van der Waals surface area contributed by atoms with Crippen LogP contribution in [0.25, 0.3) is 0 Å². The lowest BCUT2D eigenvalue weighted by atomic mass is 10.0. The summed E-state index contributed by atoms with van der Waals surface area (Å²) in [6.07, 6.45) is 1.51. The van der Waals surface area contributed by atoms with Gasteiger partial charge in [0, 0.05) is 42.9 Å². The maximum absolute atomic E-state index is 12.9. The number of nitrogens with zero attached hydrogens (tertiary/aromatic N) is 3. The van der Waals surface area contributed by atoms with Gasteiger partial charge >= 0.3 is 0 Å². The predicted molar refractivity (Wildman–Crippen MR) is 132 cm³/mol. The molecule has 188 valence electrons. The van der Waals surface area contributed by atoms with E-state index in [-0.39, 0.29) is 36.7 Å². The molecule has 0 unspecified atom stereocenters. The molecular weight excluding hydrogens is 468 g/mol. The molecule has 35 heavy (non-hydrogen) atoms. The minimum atomic E-state index is -0.514. The van der Waals surface area contributed by atoms with Crippen molar-refractivity contribution in [2.24, 2.45) is 0 Å². The van der Waals surface area contributed by atoms with Crippen LogP contribution in [-0.4, -0.2) is 77.2 Å². The Hall–Kier alpha value is -2.82. The lowest BCUT2D eigenvalue weighted by Gasteiger charge is -2.37. The summed E-state index contributed by atoms with van der Waals surface area (Å²) in [4.78, 5) is 46.1. The molecule has 10 heteroatoms. The zero-order valence-corrected chi connectivity index (χ0v) is 21.2. The Labute approximate surface area is 209 Å². The molecule has 1 aromatic carbocycles. The molecule has 3 amide bonds. The van der Waals surface area contributed by atoms with Crippen molar-refractivity contribution < 1.29 is 23.9 Å². The number of carbonyl (C=O) groups excluding carboxylic acids is 3. The predicted octanol–water partition coefficient (Wildman–Crippen LogP) is 2.85. The smallest absolute Gasteiger partial charge is 0.254 e. The number of hydrogen-bond acceptors (Lipinski definition) is 7. The highest BCUT2D eigenvalue weighted by Crippen LogP contribution is 2.31. The Morgan fingerprint density at radius 2 is 1.80 bits per heavy atom. The maximum atomic E-state index is 12.9. The first kappa shape index (κ1) is 25.3. The SMILES string of the molecule is Cc1ccc(C(=O)N(CC(=O)Nc2nc(CC(=O)N3CCC4(CC3)OCCO4)cs2)C(C)C)cc1. The average Bonchev–Trinajstić information content (AvgIpc) is 3.47. The van der Waals surface area contributed by atoms with Crippen molar-refractivity contribution in [3.8, 4) is 0 Å². The first-order valence-electron chi connectivity index (χ1n) is 11.9. The number of aromatic nitrogens is 1. The Morgan fingerprint density at radius 3 is 2.43 bits per heavy atom. The van der Waals surface area contributed by atoms with Crippen molar-refractivity contribution in [1.82, 2.24) is 14.8 Å². The van der Waals surface area contributed by atoms with Gasteiger partial charge in [-0.25, -0.2) is 4.98 Å². The maximum Gasteiger partial charge on any atom is 0.254 e. The molecule has 0 bridgehead atoms. The molecule has 4 rings (SSSR count). The summed E-state index contributed by atoms with van der Waals surface area (Å²) in [5.41, 5.74) is 2.22. The van der Waals surface area contributed by atoms with Crippen LogP contribution in [-0.2, 0) is 25.5 Å². The number of hydrogen-bond donors (Lipinski definition) is 1. The normalized spacial score (nSPS) is 17.1. The Morgan fingerprint density at radius 1 is 1.14 bits per heavy atom. The van der Waals surface area contributed by atoms with Gasteiger partial charge in [0.05, 0.1) is 25.3 Å². The molecule has 0 saturated carbocycles. The van der Waals surface area contributed by atoms with E-state index >= 15 is 0 Å². The van der Waals surface area contributed by atoms with Crippen LogP contribution in [0.5, 0.6) is 0 Å².